The fraction of sp³-hybridized carbons (Fsp3) is 0.500. The Hall–Kier alpha value is -0.570. The van der Waals surface area contributed by atoms with E-state index in [4.69, 9.17) is 0 Å². The largest absolute Gasteiger partial charge is 0.370 e. The van der Waals surface area contributed by atoms with Gasteiger partial charge in [0.1, 0.15) is 10.4 Å². The number of pyridine rings is 1. The van der Waals surface area contributed by atoms with Gasteiger partial charge in [-0.3, -0.25) is 0 Å². The Labute approximate surface area is 86.9 Å². The standard InChI is InChI=1S/C10H13BrN2/c1-10(2)5-6-12-9-7(10)3-4-8(11)13-9/h3-4H,5-6H2,1-2H3,(H,12,13). The van der Waals surface area contributed by atoms with E-state index in [1.54, 1.807) is 0 Å². The fourth-order valence-corrected chi connectivity index (χ4v) is 2.05. The number of hydrogen-bond donors (Lipinski definition) is 1. The molecule has 1 aromatic rings. The van der Waals surface area contributed by atoms with Crippen molar-refractivity contribution < 1.29 is 0 Å². The predicted octanol–water partition coefficient (Wildman–Crippen LogP) is 2.94. The van der Waals surface area contributed by atoms with E-state index < -0.39 is 0 Å². The van der Waals surface area contributed by atoms with Crippen LogP contribution >= 0.6 is 15.9 Å². The van der Waals surface area contributed by atoms with E-state index in [9.17, 15) is 0 Å². The van der Waals surface area contributed by atoms with Crippen LogP contribution in [0.3, 0.4) is 0 Å². The van der Waals surface area contributed by atoms with Crippen LogP contribution in [0.4, 0.5) is 5.82 Å². The highest BCUT2D eigenvalue weighted by Gasteiger charge is 2.27. The van der Waals surface area contributed by atoms with Gasteiger partial charge in [0.05, 0.1) is 0 Å². The smallest absolute Gasteiger partial charge is 0.131 e. The van der Waals surface area contributed by atoms with Crippen molar-refractivity contribution in [2.24, 2.45) is 0 Å². The number of hydrogen-bond acceptors (Lipinski definition) is 2. The van der Waals surface area contributed by atoms with Gasteiger partial charge in [-0.05, 0) is 33.8 Å². The molecule has 0 aliphatic carbocycles. The molecule has 13 heavy (non-hydrogen) atoms. The van der Waals surface area contributed by atoms with Crippen molar-refractivity contribution in [1.29, 1.82) is 0 Å². The summed E-state index contributed by atoms with van der Waals surface area (Å²) in [4.78, 5) is 4.41. The number of aromatic nitrogens is 1. The molecule has 2 rings (SSSR count). The normalized spacial score (nSPS) is 19.0. The Kier molecular flexibility index (Phi) is 2.06. The Morgan fingerprint density at radius 3 is 3.00 bits per heavy atom. The first-order valence-corrected chi connectivity index (χ1v) is 5.30. The average molecular weight is 241 g/mol. The first-order valence-electron chi connectivity index (χ1n) is 4.50. The molecule has 1 aliphatic heterocycles. The van der Waals surface area contributed by atoms with Crippen LogP contribution in [-0.4, -0.2) is 11.5 Å². The Bertz CT molecular complexity index is 334. The monoisotopic (exact) mass is 240 g/mol. The second-order valence-electron chi connectivity index (χ2n) is 4.09. The summed E-state index contributed by atoms with van der Waals surface area (Å²) in [6, 6.07) is 4.16. The molecule has 1 aromatic heterocycles. The molecule has 0 unspecified atom stereocenters. The zero-order valence-electron chi connectivity index (χ0n) is 7.89. The zero-order valence-corrected chi connectivity index (χ0v) is 9.48. The maximum atomic E-state index is 4.41. The third-order valence-corrected chi connectivity index (χ3v) is 3.07. The second kappa shape index (κ2) is 2.98. The fourth-order valence-electron chi connectivity index (χ4n) is 1.74. The van der Waals surface area contributed by atoms with Crippen molar-refractivity contribution in [3.63, 3.8) is 0 Å². The van der Waals surface area contributed by atoms with Crippen molar-refractivity contribution in [2.75, 3.05) is 11.9 Å². The van der Waals surface area contributed by atoms with Crippen molar-refractivity contribution >= 4 is 21.7 Å². The van der Waals surface area contributed by atoms with Gasteiger partial charge < -0.3 is 5.32 Å². The second-order valence-corrected chi connectivity index (χ2v) is 4.90. The van der Waals surface area contributed by atoms with E-state index in [1.807, 2.05) is 6.07 Å². The van der Waals surface area contributed by atoms with Gasteiger partial charge >= 0.3 is 0 Å². The third kappa shape index (κ3) is 1.57. The number of nitrogens with one attached hydrogen (secondary N) is 1. The van der Waals surface area contributed by atoms with E-state index in [1.165, 1.54) is 12.0 Å². The lowest BCUT2D eigenvalue weighted by Gasteiger charge is -2.32. The first kappa shape index (κ1) is 9.00. The van der Waals surface area contributed by atoms with E-state index in [-0.39, 0.29) is 5.41 Å². The number of halogens is 1. The van der Waals surface area contributed by atoms with E-state index in [0.717, 1.165) is 17.0 Å². The summed E-state index contributed by atoms with van der Waals surface area (Å²) in [7, 11) is 0. The Balaban J connectivity index is 2.53. The topological polar surface area (TPSA) is 24.9 Å². The molecule has 2 heterocycles. The number of fused-ring (bicyclic) bond motifs is 1. The lowest BCUT2D eigenvalue weighted by molar-refractivity contribution is 0.479. The Morgan fingerprint density at radius 2 is 2.23 bits per heavy atom. The van der Waals surface area contributed by atoms with Gasteiger partial charge in [0.2, 0.25) is 0 Å². The van der Waals surface area contributed by atoms with Crippen molar-refractivity contribution in [3.05, 3.63) is 22.3 Å². The molecule has 0 bridgehead atoms. The van der Waals surface area contributed by atoms with Gasteiger partial charge in [0, 0.05) is 12.1 Å². The first-order chi connectivity index (χ1) is 6.09. The molecule has 0 fully saturated rings. The van der Waals surface area contributed by atoms with Gasteiger partial charge in [0.15, 0.2) is 0 Å². The molecule has 0 saturated carbocycles. The van der Waals surface area contributed by atoms with Gasteiger partial charge in [-0.1, -0.05) is 19.9 Å². The number of rotatable bonds is 0. The summed E-state index contributed by atoms with van der Waals surface area (Å²) < 4.78 is 0.899. The number of nitrogens with zero attached hydrogens (tertiary/aromatic N) is 1. The summed E-state index contributed by atoms with van der Waals surface area (Å²) in [6.07, 6.45) is 1.17. The minimum atomic E-state index is 0.258. The molecule has 70 valence electrons. The maximum absolute atomic E-state index is 4.41. The maximum Gasteiger partial charge on any atom is 0.131 e. The molecule has 0 atom stereocenters. The summed E-state index contributed by atoms with van der Waals surface area (Å²) in [6.45, 7) is 5.55. The average Bonchev–Trinajstić information content (AvgIpc) is 2.02. The summed E-state index contributed by atoms with van der Waals surface area (Å²) in [5.74, 6) is 1.03. The van der Waals surface area contributed by atoms with Crippen LogP contribution in [0.1, 0.15) is 25.8 Å². The van der Waals surface area contributed by atoms with Crippen LogP contribution in [0.25, 0.3) is 0 Å². The summed E-state index contributed by atoms with van der Waals surface area (Å²) >= 11 is 3.38. The Morgan fingerprint density at radius 1 is 1.46 bits per heavy atom. The molecule has 0 spiro atoms. The molecule has 1 aliphatic rings. The van der Waals surface area contributed by atoms with Crippen LogP contribution in [-0.2, 0) is 5.41 Å². The highest BCUT2D eigenvalue weighted by Crippen LogP contribution is 2.35. The van der Waals surface area contributed by atoms with Gasteiger partial charge in [-0.25, -0.2) is 4.98 Å². The van der Waals surface area contributed by atoms with Crippen LogP contribution < -0.4 is 5.32 Å². The van der Waals surface area contributed by atoms with E-state index >= 15 is 0 Å². The molecule has 2 nitrogen and oxygen atoms in total. The van der Waals surface area contributed by atoms with Gasteiger partial charge in [-0.2, -0.15) is 0 Å². The van der Waals surface area contributed by atoms with Crippen molar-refractivity contribution in [2.45, 2.75) is 25.7 Å². The van der Waals surface area contributed by atoms with Crippen LogP contribution in [0.2, 0.25) is 0 Å². The van der Waals surface area contributed by atoms with Crippen LogP contribution in [0.15, 0.2) is 16.7 Å². The molecule has 0 radical (unpaired) electrons. The van der Waals surface area contributed by atoms with E-state index in [2.05, 4.69) is 46.1 Å². The summed E-state index contributed by atoms with van der Waals surface area (Å²) in [5.41, 5.74) is 1.58. The third-order valence-electron chi connectivity index (χ3n) is 2.63. The SMILES string of the molecule is CC1(C)CCNc2nc(Br)ccc21. The van der Waals surface area contributed by atoms with Crippen molar-refractivity contribution in [3.8, 4) is 0 Å². The summed E-state index contributed by atoms with van der Waals surface area (Å²) in [5, 5.41) is 3.32. The molecular weight excluding hydrogens is 228 g/mol. The minimum Gasteiger partial charge on any atom is -0.370 e. The molecule has 3 heteroatoms. The van der Waals surface area contributed by atoms with Gasteiger partial charge in [0.25, 0.3) is 0 Å². The predicted molar refractivity (Wildman–Crippen MR) is 58.1 cm³/mol. The molecular formula is C10H13BrN2. The molecule has 0 amide bonds. The molecule has 0 aromatic carbocycles. The number of anilines is 1. The quantitative estimate of drug-likeness (QED) is 0.706. The van der Waals surface area contributed by atoms with Gasteiger partial charge in [-0.15, -0.1) is 0 Å². The highest BCUT2D eigenvalue weighted by molar-refractivity contribution is 9.10. The lowest BCUT2D eigenvalue weighted by Crippen LogP contribution is -2.28. The molecule has 1 N–H and O–H groups in total. The van der Waals surface area contributed by atoms with Crippen LogP contribution in [0, 0.1) is 0 Å². The highest BCUT2D eigenvalue weighted by atomic mass is 79.9. The lowest BCUT2D eigenvalue weighted by atomic mass is 9.80. The van der Waals surface area contributed by atoms with Crippen LogP contribution in [0.5, 0.6) is 0 Å². The van der Waals surface area contributed by atoms with E-state index in [0.29, 0.717) is 0 Å². The zero-order chi connectivity index (χ0) is 9.47. The molecule has 0 saturated heterocycles. The van der Waals surface area contributed by atoms with Crippen molar-refractivity contribution in [1.82, 2.24) is 4.98 Å². The minimum absolute atomic E-state index is 0.258.